The number of alkyl halides is 4. The van der Waals surface area contributed by atoms with Crippen molar-refractivity contribution in [3.05, 3.63) is 0 Å². The molecule has 1 atom stereocenters. The Morgan fingerprint density at radius 3 is 2.08 bits per heavy atom. The quantitative estimate of drug-likeness (QED) is 0.620. The summed E-state index contributed by atoms with van der Waals surface area (Å²) in [6, 6.07) is 0. The molecule has 78 valence electrons. The van der Waals surface area contributed by atoms with E-state index in [1.54, 1.807) is 0 Å². The van der Waals surface area contributed by atoms with Crippen molar-refractivity contribution >= 4 is 46.4 Å². The molecule has 1 aliphatic rings. The van der Waals surface area contributed by atoms with Gasteiger partial charge in [0.15, 0.2) is 3.79 Å². The molecule has 0 aliphatic heterocycles. The van der Waals surface area contributed by atoms with Crippen LogP contribution in [0, 0.1) is 5.92 Å². The molecule has 1 rings (SSSR count). The molecular formula is C9H14Cl4. The van der Waals surface area contributed by atoms with E-state index in [1.807, 2.05) is 0 Å². The molecule has 13 heavy (non-hydrogen) atoms. The van der Waals surface area contributed by atoms with E-state index in [-0.39, 0.29) is 5.38 Å². The normalized spacial score (nSPS) is 23.1. The number of hydrogen-bond acceptors (Lipinski definition) is 0. The van der Waals surface area contributed by atoms with Crippen LogP contribution in [0.1, 0.15) is 38.5 Å². The fourth-order valence-electron chi connectivity index (χ4n) is 1.88. The minimum Gasteiger partial charge on any atom is -0.123 e. The molecule has 0 nitrogen and oxygen atoms in total. The molecule has 0 N–H and O–H groups in total. The Bertz CT molecular complexity index is 146. The maximum atomic E-state index is 6.19. The standard InChI is InChI=1S/C9H14Cl4/c10-8(6-9(11,12)13)7-4-2-1-3-5-7/h7-8H,1-6H2. The molecule has 4 heteroatoms. The molecule has 0 amide bonds. The van der Waals surface area contributed by atoms with Crippen LogP contribution in [0.15, 0.2) is 0 Å². The zero-order chi connectivity index (χ0) is 9.90. The van der Waals surface area contributed by atoms with Crippen LogP contribution in [-0.2, 0) is 0 Å². The van der Waals surface area contributed by atoms with E-state index in [0.717, 1.165) is 0 Å². The summed E-state index contributed by atoms with van der Waals surface area (Å²) in [7, 11) is 0. The second-order valence-electron chi connectivity index (χ2n) is 3.73. The minimum absolute atomic E-state index is 0.0211. The summed E-state index contributed by atoms with van der Waals surface area (Å²) in [5, 5.41) is 0.0211. The van der Waals surface area contributed by atoms with E-state index in [4.69, 9.17) is 46.4 Å². The van der Waals surface area contributed by atoms with Crippen molar-refractivity contribution in [1.29, 1.82) is 0 Å². The van der Waals surface area contributed by atoms with Crippen LogP contribution < -0.4 is 0 Å². The number of hydrogen-bond donors (Lipinski definition) is 0. The minimum atomic E-state index is -1.19. The Morgan fingerprint density at radius 2 is 1.62 bits per heavy atom. The van der Waals surface area contributed by atoms with Crippen LogP contribution in [0.4, 0.5) is 0 Å². The van der Waals surface area contributed by atoms with Gasteiger partial charge in [-0.05, 0) is 18.8 Å². The summed E-state index contributed by atoms with van der Waals surface area (Å²) in [6.07, 6.45) is 6.71. The molecule has 0 heterocycles. The van der Waals surface area contributed by atoms with Gasteiger partial charge in [0.05, 0.1) is 0 Å². The molecule has 1 fully saturated rings. The Labute approximate surface area is 99.9 Å². The van der Waals surface area contributed by atoms with E-state index in [1.165, 1.54) is 32.1 Å². The average molecular weight is 264 g/mol. The summed E-state index contributed by atoms with van der Waals surface area (Å²) >= 11 is 23.3. The largest absolute Gasteiger partial charge is 0.192 e. The topological polar surface area (TPSA) is 0 Å². The van der Waals surface area contributed by atoms with Crippen LogP contribution >= 0.6 is 46.4 Å². The van der Waals surface area contributed by atoms with Crippen molar-refractivity contribution in [2.75, 3.05) is 0 Å². The van der Waals surface area contributed by atoms with Crippen molar-refractivity contribution < 1.29 is 0 Å². The predicted molar refractivity (Wildman–Crippen MR) is 61.1 cm³/mol. The van der Waals surface area contributed by atoms with Gasteiger partial charge in [-0.1, -0.05) is 54.1 Å². The predicted octanol–water partition coefficient (Wildman–Crippen LogP) is 4.93. The third-order valence-electron chi connectivity index (χ3n) is 2.59. The fraction of sp³-hybridized carbons (Fsp3) is 1.00. The molecule has 0 saturated heterocycles. The van der Waals surface area contributed by atoms with Gasteiger partial charge in [0.1, 0.15) is 0 Å². The number of rotatable bonds is 2. The lowest BCUT2D eigenvalue weighted by atomic mass is 9.86. The monoisotopic (exact) mass is 262 g/mol. The molecule has 1 unspecified atom stereocenters. The third kappa shape index (κ3) is 4.97. The fourth-order valence-corrected chi connectivity index (χ4v) is 3.10. The van der Waals surface area contributed by atoms with Gasteiger partial charge < -0.3 is 0 Å². The first-order valence-electron chi connectivity index (χ1n) is 4.70. The lowest BCUT2D eigenvalue weighted by molar-refractivity contribution is 0.338. The summed E-state index contributed by atoms with van der Waals surface area (Å²) in [5.41, 5.74) is 0. The first-order chi connectivity index (χ1) is 5.99. The molecule has 0 bridgehead atoms. The summed E-state index contributed by atoms with van der Waals surface area (Å²) in [6.45, 7) is 0. The SMILES string of the molecule is ClC(CC(Cl)(Cl)Cl)C1CCCCC1. The molecule has 0 aromatic carbocycles. The molecule has 0 aromatic heterocycles. The Morgan fingerprint density at radius 1 is 1.08 bits per heavy atom. The van der Waals surface area contributed by atoms with Gasteiger partial charge in [-0.25, -0.2) is 0 Å². The molecular weight excluding hydrogens is 250 g/mol. The highest BCUT2D eigenvalue weighted by atomic mass is 35.6. The van der Waals surface area contributed by atoms with Gasteiger partial charge in [-0.3, -0.25) is 0 Å². The van der Waals surface area contributed by atoms with Gasteiger partial charge in [0, 0.05) is 11.8 Å². The third-order valence-corrected chi connectivity index (χ3v) is 3.56. The molecule has 0 aromatic rings. The van der Waals surface area contributed by atoms with E-state index in [9.17, 15) is 0 Å². The molecule has 0 radical (unpaired) electrons. The van der Waals surface area contributed by atoms with E-state index in [2.05, 4.69) is 0 Å². The molecule has 1 aliphatic carbocycles. The lowest BCUT2D eigenvalue weighted by Gasteiger charge is -2.27. The summed E-state index contributed by atoms with van der Waals surface area (Å²) in [4.78, 5) is 0. The summed E-state index contributed by atoms with van der Waals surface area (Å²) < 4.78 is -1.19. The Hall–Kier alpha value is 1.16. The highest BCUT2D eigenvalue weighted by Crippen LogP contribution is 2.38. The van der Waals surface area contributed by atoms with E-state index < -0.39 is 3.79 Å². The molecule has 0 spiro atoms. The van der Waals surface area contributed by atoms with Crippen LogP contribution in [0.3, 0.4) is 0 Å². The van der Waals surface area contributed by atoms with Crippen molar-refractivity contribution in [3.63, 3.8) is 0 Å². The second-order valence-corrected chi connectivity index (χ2v) is 6.81. The maximum absolute atomic E-state index is 6.19. The van der Waals surface area contributed by atoms with Crippen molar-refractivity contribution in [2.24, 2.45) is 5.92 Å². The zero-order valence-electron chi connectivity index (χ0n) is 7.41. The van der Waals surface area contributed by atoms with E-state index in [0.29, 0.717) is 12.3 Å². The zero-order valence-corrected chi connectivity index (χ0v) is 10.4. The van der Waals surface area contributed by atoms with Crippen molar-refractivity contribution in [3.8, 4) is 0 Å². The van der Waals surface area contributed by atoms with Gasteiger partial charge >= 0.3 is 0 Å². The maximum Gasteiger partial charge on any atom is 0.192 e. The lowest BCUT2D eigenvalue weighted by Crippen LogP contribution is -2.22. The smallest absolute Gasteiger partial charge is 0.123 e. The highest BCUT2D eigenvalue weighted by Gasteiger charge is 2.30. The van der Waals surface area contributed by atoms with Gasteiger partial charge in [0.2, 0.25) is 0 Å². The first-order valence-corrected chi connectivity index (χ1v) is 6.27. The average Bonchev–Trinajstić information content (AvgIpc) is 2.03. The van der Waals surface area contributed by atoms with E-state index >= 15 is 0 Å². The Kier molecular flexibility index (Phi) is 4.99. The molecule has 1 saturated carbocycles. The van der Waals surface area contributed by atoms with Crippen molar-refractivity contribution in [2.45, 2.75) is 47.7 Å². The van der Waals surface area contributed by atoms with Crippen LogP contribution in [0.5, 0.6) is 0 Å². The first kappa shape index (κ1) is 12.2. The van der Waals surface area contributed by atoms with Crippen LogP contribution in [-0.4, -0.2) is 9.17 Å². The van der Waals surface area contributed by atoms with Gasteiger partial charge in [-0.15, -0.1) is 11.6 Å². The summed E-state index contributed by atoms with van der Waals surface area (Å²) in [5.74, 6) is 0.547. The van der Waals surface area contributed by atoms with Crippen LogP contribution in [0.2, 0.25) is 0 Å². The van der Waals surface area contributed by atoms with Gasteiger partial charge in [-0.2, -0.15) is 0 Å². The van der Waals surface area contributed by atoms with Gasteiger partial charge in [0.25, 0.3) is 0 Å². The number of halogens is 4. The van der Waals surface area contributed by atoms with Crippen molar-refractivity contribution in [1.82, 2.24) is 0 Å². The van der Waals surface area contributed by atoms with Crippen LogP contribution in [0.25, 0.3) is 0 Å². The highest BCUT2D eigenvalue weighted by molar-refractivity contribution is 6.67. The second kappa shape index (κ2) is 5.30. The Balaban J connectivity index is 2.33.